The summed E-state index contributed by atoms with van der Waals surface area (Å²) >= 11 is 0. The van der Waals surface area contributed by atoms with E-state index in [9.17, 15) is 4.79 Å². The van der Waals surface area contributed by atoms with Crippen molar-refractivity contribution in [1.29, 1.82) is 0 Å². The van der Waals surface area contributed by atoms with Crippen molar-refractivity contribution in [2.75, 3.05) is 19.4 Å². The Morgan fingerprint density at radius 3 is 2.53 bits per heavy atom. The molecule has 1 saturated heterocycles. The molecule has 10 nitrogen and oxygen atoms in total. The van der Waals surface area contributed by atoms with Crippen LogP contribution < -0.4 is 11.1 Å². The highest BCUT2D eigenvalue weighted by Crippen LogP contribution is 2.41. The van der Waals surface area contributed by atoms with Crippen molar-refractivity contribution in [3.05, 3.63) is 12.7 Å². The number of anilines is 1. The number of fused-ring (bicyclic) bond motifs is 1. The van der Waals surface area contributed by atoms with Gasteiger partial charge in [0.25, 0.3) is 0 Å². The summed E-state index contributed by atoms with van der Waals surface area (Å²) in [6, 6.07) is 0. The molecule has 3 rings (SSSR count). The van der Waals surface area contributed by atoms with E-state index in [4.69, 9.17) is 19.9 Å². The molecule has 4 atom stereocenters. The Hall–Kier alpha value is -2.30. The lowest BCUT2D eigenvalue weighted by molar-refractivity contribution is -0.135. The number of carbonyl (C=O) groups is 1. The van der Waals surface area contributed by atoms with Gasteiger partial charge in [0.2, 0.25) is 5.91 Å². The minimum absolute atomic E-state index is 0.00923. The Bertz CT molecular complexity index is 933. The number of nitrogens with zero attached hydrogens (tertiary/aromatic N) is 4. The first-order chi connectivity index (χ1) is 14.9. The average Bonchev–Trinajstić information content (AvgIpc) is 3.23. The molecule has 0 aromatic carbocycles. The number of aromatic nitrogens is 4. The topological polar surface area (TPSA) is 126 Å². The van der Waals surface area contributed by atoms with E-state index < -0.39 is 17.9 Å². The molecule has 1 aliphatic rings. The van der Waals surface area contributed by atoms with E-state index in [0.29, 0.717) is 17.0 Å². The van der Waals surface area contributed by atoms with Crippen molar-refractivity contribution in [3.63, 3.8) is 0 Å². The summed E-state index contributed by atoms with van der Waals surface area (Å²) in [5, 5.41) is 2.62. The lowest BCUT2D eigenvalue weighted by Crippen LogP contribution is -2.43. The minimum Gasteiger partial charge on any atom is -0.382 e. The summed E-state index contributed by atoms with van der Waals surface area (Å²) in [6.07, 6.45) is 2.47. The molecule has 3 heterocycles. The van der Waals surface area contributed by atoms with Gasteiger partial charge in [-0.3, -0.25) is 9.36 Å². The monoisotopic (exact) mass is 448 g/mol. The maximum Gasteiger partial charge on any atom is 0.222 e. The fraction of sp³-hybridized carbons (Fsp3) is 0.727. The number of ether oxygens (including phenoxy) is 3. The van der Waals surface area contributed by atoms with Crippen molar-refractivity contribution in [3.8, 4) is 0 Å². The fourth-order valence-corrected chi connectivity index (χ4v) is 3.90. The molecule has 0 radical (unpaired) electrons. The van der Waals surface area contributed by atoms with Gasteiger partial charge >= 0.3 is 0 Å². The maximum absolute atomic E-state index is 11.8. The molecule has 178 valence electrons. The van der Waals surface area contributed by atoms with E-state index in [2.05, 4.69) is 41.0 Å². The molecule has 1 fully saturated rings. The summed E-state index contributed by atoms with van der Waals surface area (Å²) in [6.45, 7) is 12.8. The second kappa shape index (κ2) is 9.29. The number of nitrogens with two attached hydrogens (primary N) is 1. The molecule has 2 aromatic rings. The maximum atomic E-state index is 11.8. The molecule has 1 unspecified atom stereocenters. The van der Waals surface area contributed by atoms with Crippen LogP contribution in [0.2, 0.25) is 0 Å². The van der Waals surface area contributed by atoms with E-state index >= 15 is 0 Å². The number of hydrogen-bond donors (Lipinski definition) is 2. The van der Waals surface area contributed by atoms with Crippen molar-refractivity contribution < 1.29 is 19.0 Å². The molecule has 0 spiro atoms. The Labute approximate surface area is 189 Å². The molecule has 0 aliphatic carbocycles. The van der Waals surface area contributed by atoms with E-state index in [0.717, 1.165) is 6.42 Å². The fourth-order valence-electron chi connectivity index (χ4n) is 3.90. The molecule has 2 aromatic heterocycles. The van der Waals surface area contributed by atoms with Gasteiger partial charge in [0.15, 0.2) is 17.7 Å². The number of nitrogens with one attached hydrogen (secondary N) is 1. The zero-order valence-electron chi connectivity index (χ0n) is 20.1. The van der Waals surface area contributed by atoms with Gasteiger partial charge in [-0.1, -0.05) is 20.8 Å². The molecule has 1 amide bonds. The second-order valence-corrected chi connectivity index (χ2v) is 10.4. The molecule has 32 heavy (non-hydrogen) atoms. The predicted octanol–water partition coefficient (Wildman–Crippen LogP) is 2.45. The number of hydrogen-bond acceptors (Lipinski definition) is 8. The van der Waals surface area contributed by atoms with Crippen LogP contribution in [0.3, 0.4) is 0 Å². The summed E-state index contributed by atoms with van der Waals surface area (Å²) in [4.78, 5) is 24.6. The van der Waals surface area contributed by atoms with Crippen LogP contribution in [0.1, 0.15) is 60.6 Å². The van der Waals surface area contributed by atoms with E-state index in [1.807, 2.05) is 25.3 Å². The highest BCUT2D eigenvalue weighted by Gasteiger charge is 2.50. The van der Waals surface area contributed by atoms with Gasteiger partial charge in [-0.2, -0.15) is 0 Å². The Morgan fingerprint density at radius 2 is 1.91 bits per heavy atom. The van der Waals surface area contributed by atoms with E-state index in [1.54, 1.807) is 13.4 Å². The zero-order valence-corrected chi connectivity index (χ0v) is 20.1. The van der Waals surface area contributed by atoms with Crippen LogP contribution in [0, 0.1) is 5.41 Å². The van der Waals surface area contributed by atoms with Crippen LogP contribution >= 0.6 is 0 Å². The van der Waals surface area contributed by atoms with Crippen molar-refractivity contribution in [2.45, 2.75) is 84.5 Å². The SMILES string of the molecule is CNC(=O)CCO[C@H]1C(OC(C)(C)C)[C@@H](CC(C)(C)C)O[C@H]1n1cnc2c(N)ncnc21. The summed E-state index contributed by atoms with van der Waals surface area (Å²) in [5.74, 6) is 0.214. The molecular weight excluding hydrogens is 412 g/mol. The first kappa shape index (κ1) is 24.3. The molecular formula is C22H36N6O4. The van der Waals surface area contributed by atoms with Gasteiger partial charge < -0.3 is 25.3 Å². The van der Waals surface area contributed by atoms with Crippen LogP contribution in [0.25, 0.3) is 11.2 Å². The molecule has 0 saturated carbocycles. The van der Waals surface area contributed by atoms with Gasteiger partial charge in [-0.25, -0.2) is 15.0 Å². The average molecular weight is 449 g/mol. The van der Waals surface area contributed by atoms with Gasteiger partial charge in [0.1, 0.15) is 24.1 Å². The van der Waals surface area contributed by atoms with Crippen LogP contribution in [0.5, 0.6) is 0 Å². The lowest BCUT2D eigenvalue weighted by Gasteiger charge is -2.33. The standard InChI is InChI=1S/C22H36N6O4/c1-21(2,3)10-13-16(32-22(4,5)6)17(30-9-8-14(29)24-7)20(31-13)28-12-27-15-18(23)25-11-26-19(15)28/h11-13,16-17,20H,8-10H2,1-7H3,(H,24,29)(H2,23,25,26)/t13-,16?,17+,20-/m1/s1. The minimum atomic E-state index is -0.543. The number of amides is 1. The van der Waals surface area contributed by atoms with Crippen molar-refractivity contribution in [2.24, 2.45) is 5.41 Å². The molecule has 10 heteroatoms. The van der Waals surface area contributed by atoms with E-state index in [1.165, 1.54) is 6.33 Å². The van der Waals surface area contributed by atoms with Crippen molar-refractivity contribution in [1.82, 2.24) is 24.8 Å². The second-order valence-electron chi connectivity index (χ2n) is 10.4. The third-order valence-electron chi connectivity index (χ3n) is 5.17. The number of carbonyl (C=O) groups excluding carboxylic acids is 1. The lowest BCUT2D eigenvalue weighted by atomic mass is 9.87. The van der Waals surface area contributed by atoms with Crippen LogP contribution in [-0.4, -0.2) is 63.0 Å². The molecule has 1 aliphatic heterocycles. The Kier molecular flexibility index (Phi) is 7.06. The van der Waals surface area contributed by atoms with Gasteiger partial charge in [-0.05, 0) is 32.6 Å². The first-order valence-electron chi connectivity index (χ1n) is 11.0. The van der Waals surface area contributed by atoms with Gasteiger partial charge in [-0.15, -0.1) is 0 Å². The van der Waals surface area contributed by atoms with Crippen LogP contribution in [0.4, 0.5) is 5.82 Å². The van der Waals surface area contributed by atoms with Crippen LogP contribution in [-0.2, 0) is 19.0 Å². The van der Waals surface area contributed by atoms with Gasteiger partial charge in [0, 0.05) is 13.5 Å². The Morgan fingerprint density at radius 1 is 1.19 bits per heavy atom. The summed E-state index contributed by atoms with van der Waals surface area (Å²) in [7, 11) is 1.61. The van der Waals surface area contributed by atoms with Gasteiger partial charge in [0.05, 0.1) is 24.6 Å². The number of rotatable bonds is 7. The van der Waals surface area contributed by atoms with Crippen molar-refractivity contribution >= 4 is 22.9 Å². The normalized spacial score (nSPS) is 24.2. The zero-order chi connectivity index (χ0) is 23.7. The van der Waals surface area contributed by atoms with Crippen LogP contribution in [0.15, 0.2) is 12.7 Å². The van der Waals surface area contributed by atoms with E-state index in [-0.39, 0.29) is 36.6 Å². The highest BCUT2D eigenvalue weighted by atomic mass is 16.6. The third kappa shape index (κ3) is 5.73. The summed E-state index contributed by atoms with van der Waals surface area (Å²) in [5.41, 5.74) is 6.65. The number of imidazole rings is 1. The molecule has 3 N–H and O–H groups in total. The smallest absolute Gasteiger partial charge is 0.222 e. The highest BCUT2D eigenvalue weighted by molar-refractivity contribution is 5.81. The quantitative estimate of drug-likeness (QED) is 0.661. The predicted molar refractivity (Wildman–Crippen MR) is 121 cm³/mol. The number of nitrogen functional groups attached to an aromatic ring is 1. The Balaban J connectivity index is 1.99. The largest absolute Gasteiger partial charge is 0.382 e. The third-order valence-corrected chi connectivity index (χ3v) is 5.17. The first-order valence-corrected chi connectivity index (χ1v) is 11.0. The summed E-state index contributed by atoms with van der Waals surface area (Å²) < 4.78 is 21.1. The molecule has 0 bridgehead atoms.